The lowest BCUT2D eigenvalue weighted by Gasteiger charge is -2.16. The molecule has 0 spiro atoms. The largest absolute Gasteiger partial charge is 0.497 e. The highest BCUT2D eigenvalue weighted by molar-refractivity contribution is 5.97. The average Bonchev–Trinajstić information content (AvgIpc) is 2.60. The molecule has 0 aromatic heterocycles. The van der Waals surface area contributed by atoms with E-state index in [1.807, 2.05) is 0 Å². The van der Waals surface area contributed by atoms with Gasteiger partial charge in [-0.3, -0.25) is 9.59 Å². The van der Waals surface area contributed by atoms with Gasteiger partial charge < -0.3 is 14.8 Å². The van der Waals surface area contributed by atoms with Gasteiger partial charge in [-0.15, -0.1) is 0 Å². The number of methoxy groups -OCH3 is 1. The van der Waals surface area contributed by atoms with Crippen molar-refractivity contribution >= 4 is 11.7 Å². The van der Waals surface area contributed by atoms with E-state index in [-0.39, 0.29) is 35.9 Å². The molecule has 0 aliphatic heterocycles. The lowest BCUT2D eigenvalue weighted by atomic mass is 10.1. The van der Waals surface area contributed by atoms with Crippen molar-refractivity contribution in [1.82, 2.24) is 5.32 Å². The van der Waals surface area contributed by atoms with Gasteiger partial charge in [0.1, 0.15) is 17.3 Å². The number of ketones is 1. The van der Waals surface area contributed by atoms with Crippen LogP contribution in [0.3, 0.4) is 0 Å². The minimum atomic E-state index is -0.353. The molecule has 0 saturated heterocycles. The predicted octanol–water partition coefficient (Wildman–Crippen LogP) is 3.29. The summed E-state index contributed by atoms with van der Waals surface area (Å²) in [5, 5.41) is 2.76. The molecule has 1 amide bonds. The normalized spacial score (nSPS) is 11.5. The van der Waals surface area contributed by atoms with Crippen LogP contribution < -0.4 is 14.8 Å². The summed E-state index contributed by atoms with van der Waals surface area (Å²) in [5.41, 5.74) is 1.15. The summed E-state index contributed by atoms with van der Waals surface area (Å²) in [5.74, 6) is -0.0381. The second-order valence-corrected chi connectivity index (χ2v) is 5.55. The summed E-state index contributed by atoms with van der Waals surface area (Å²) in [6.45, 7) is 2.96. The summed E-state index contributed by atoms with van der Waals surface area (Å²) < 4.78 is 23.5. The molecule has 25 heavy (non-hydrogen) atoms. The van der Waals surface area contributed by atoms with Gasteiger partial charge in [0.2, 0.25) is 0 Å². The Labute approximate surface area is 145 Å². The molecule has 0 aliphatic rings. The van der Waals surface area contributed by atoms with Crippen LogP contribution in [0, 0.1) is 5.82 Å². The Morgan fingerprint density at radius 3 is 2.44 bits per heavy atom. The van der Waals surface area contributed by atoms with E-state index in [1.165, 1.54) is 26.2 Å². The number of carbonyl (C=O) groups excluding carboxylic acids is 2. The lowest BCUT2D eigenvalue weighted by Crippen LogP contribution is -2.31. The standard InChI is InChI=1S/C19H20FNO4/c1-12(14-4-6-15(20)7-5-14)21-19(23)11-25-18-10-16(24-3)8-9-17(18)13(2)22/h4-10,12H,11H2,1-3H3,(H,21,23). The van der Waals surface area contributed by atoms with E-state index >= 15 is 0 Å². The summed E-state index contributed by atoms with van der Waals surface area (Å²) in [4.78, 5) is 23.7. The maximum absolute atomic E-state index is 12.9. The monoisotopic (exact) mass is 345 g/mol. The lowest BCUT2D eigenvalue weighted by molar-refractivity contribution is -0.123. The molecule has 132 valence electrons. The molecule has 6 heteroatoms. The summed E-state index contributed by atoms with van der Waals surface area (Å²) in [6.07, 6.45) is 0. The minimum absolute atomic E-state index is 0.169. The average molecular weight is 345 g/mol. The van der Waals surface area contributed by atoms with Crippen molar-refractivity contribution < 1.29 is 23.5 Å². The topological polar surface area (TPSA) is 64.6 Å². The van der Waals surface area contributed by atoms with Crippen LogP contribution >= 0.6 is 0 Å². The number of benzene rings is 2. The zero-order valence-electron chi connectivity index (χ0n) is 14.3. The van der Waals surface area contributed by atoms with Crippen molar-refractivity contribution in [2.75, 3.05) is 13.7 Å². The number of rotatable bonds is 7. The Morgan fingerprint density at radius 1 is 1.16 bits per heavy atom. The molecule has 1 unspecified atom stereocenters. The first kappa shape index (κ1) is 18.4. The van der Waals surface area contributed by atoms with Gasteiger partial charge in [-0.05, 0) is 43.7 Å². The number of ether oxygens (including phenoxy) is 2. The fourth-order valence-electron chi connectivity index (χ4n) is 2.30. The molecule has 1 atom stereocenters. The number of hydrogen-bond acceptors (Lipinski definition) is 4. The zero-order valence-corrected chi connectivity index (χ0v) is 14.3. The summed E-state index contributed by atoms with van der Waals surface area (Å²) in [6, 6.07) is 10.4. The second-order valence-electron chi connectivity index (χ2n) is 5.55. The van der Waals surface area contributed by atoms with Crippen LogP contribution in [-0.4, -0.2) is 25.4 Å². The Bertz CT molecular complexity index is 759. The smallest absolute Gasteiger partial charge is 0.258 e. The third-order valence-corrected chi connectivity index (χ3v) is 3.67. The number of halogens is 1. The molecule has 0 aliphatic carbocycles. The number of amides is 1. The molecule has 0 fully saturated rings. The fraction of sp³-hybridized carbons (Fsp3) is 0.263. The number of Topliss-reactive ketones (excluding diaryl/α,β-unsaturated/α-hetero) is 1. The van der Waals surface area contributed by atoms with Crippen molar-refractivity contribution in [3.63, 3.8) is 0 Å². The van der Waals surface area contributed by atoms with E-state index in [0.29, 0.717) is 11.3 Å². The molecule has 2 aromatic rings. The molecule has 0 radical (unpaired) electrons. The fourth-order valence-corrected chi connectivity index (χ4v) is 2.30. The first-order chi connectivity index (χ1) is 11.9. The van der Waals surface area contributed by atoms with Gasteiger partial charge in [0, 0.05) is 6.07 Å². The molecule has 5 nitrogen and oxygen atoms in total. The van der Waals surface area contributed by atoms with Crippen LogP contribution in [0.25, 0.3) is 0 Å². The molecule has 0 heterocycles. The Balaban J connectivity index is 1.99. The minimum Gasteiger partial charge on any atom is -0.497 e. The molecule has 2 aromatic carbocycles. The van der Waals surface area contributed by atoms with Crippen molar-refractivity contribution in [1.29, 1.82) is 0 Å². The Hall–Kier alpha value is -2.89. The van der Waals surface area contributed by atoms with Gasteiger partial charge in [-0.25, -0.2) is 4.39 Å². The molecular weight excluding hydrogens is 325 g/mol. The van der Waals surface area contributed by atoms with E-state index in [2.05, 4.69) is 5.32 Å². The zero-order chi connectivity index (χ0) is 18.4. The van der Waals surface area contributed by atoms with Crippen LogP contribution in [0.2, 0.25) is 0 Å². The molecule has 0 saturated carbocycles. The highest BCUT2D eigenvalue weighted by Crippen LogP contribution is 2.25. The maximum atomic E-state index is 12.9. The van der Waals surface area contributed by atoms with Crippen molar-refractivity contribution in [2.24, 2.45) is 0 Å². The third kappa shape index (κ3) is 5.04. The van der Waals surface area contributed by atoms with Gasteiger partial charge in [-0.1, -0.05) is 12.1 Å². The number of nitrogens with one attached hydrogen (secondary N) is 1. The quantitative estimate of drug-likeness (QED) is 0.782. The van der Waals surface area contributed by atoms with Crippen molar-refractivity contribution in [3.8, 4) is 11.5 Å². The van der Waals surface area contributed by atoms with Crippen molar-refractivity contribution in [3.05, 3.63) is 59.4 Å². The highest BCUT2D eigenvalue weighted by Gasteiger charge is 2.14. The van der Waals surface area contributed by atoms with Gasteiger partial charge >= 0.3 is 0 Å². The van der Waals surface area contributed by atoms with Gasteiger partial charge in [-0.2, -0.15) is 0 Å². The summed E-state index contributed by atoms with van der Waals surface area (Å²) in [7, 11) is 1.50. The molecule has 1 N–H and O–H groups in total. The van der Waals surface area contributed by atoms with E-state index in [4.69, 9.17) is 9.47 Å². The Morgan fingerprint density at radius 2 is 1.84 bits per heavy atom. The molecule has 2 rings (SSSR count). The van der Waals surface area contributed by atoms with Crippen molar-refractivity contribution in [2.45, 2.75) is 19.9 Å². The summed E-state index contributed by atoms with van der Waals surface area (Å²) >= 11 is 0. The van der Waals surface area contributed by atoms with E-state index in [0.717, 1.165) is 5.56 Å². The van der Waals surface area contributed by atoms with Crippen LogP contribution in [0.4, 0.5) is 4.39 Å². The number of carbonyl (C=O) groups is 2. The van der Waals surface area contributed by atoms with Gasteiger partial charge in [0.15, 0.2) is 12.4 Å². The highest BCUT2D eigenvalue weighted by atomic mass is 19.1. The van der Waals surface area contributed by atoms with E-state index in [1.54, 1.807) is 37.3 Å². The first-order valence-electron chi connectivity index (χ1n) is 7.77. The number of hydrogen-bond donors (Lipinski definition) is 1. The van der Waals surface area contributed by atoms with E-state index in [9.17, 15) is 14.0 Å². The van der Waals surface area contributed by atoms with Crippen LogP contribution in [0.15, 0.2) is 42.5 Å². The first-order valence-corrected chi connectivity index (χ1v) is 7.77. The maximum Gasteiger partial charge on any atom is 0.258 e. The van der Waals surface area contributed by atoms with E-state index < -0.39 is 0 Å². The predicted molar refractivity (Wildman–Crippen MR) is 91.5 cm³/mol. The Kier molecular flexibility index (Phi) is 6.11. The molecular formula is C19H20FNO4. The van der Waals surface area contributed by atoms with Gasteiger partial charge in [0.05, 0.1) is 18.7 Å². The third-order valence-electron chi connectivity index (χ3n) is 3.67. The van der Waals surface area contributed by atoms with Crippen LogP contribution in [0.5, 0.6) is 11.5 Å². The second kappa shape index (κ2) is 8.28. The van der Waals surface area contributed by atoms with Crippen LogP contribution in [0.1, 0.15) is 35.8 Å². The SMILES string of the molecule is COc1ccc(C(C)=O)c(OCC(=O)NC(C)c2ccc(F)cc2)c1. The molecule has 0 bridgehead atoms. The van der Waals surface area contributed by atoms with Gasteiger partial charge in [0.25, 0.3) is 5.91 Å². The van der Waals surface area contributed by atoms with Crippen LogP contribution in [-0.2, 0) is 4.79 Å².